The van der Waals surface area contributed by atoms with Crippen LogP contribution in [-0.4, -0.2) is 26.2 Å². The van der Waals surface area contributed by atoms with Crippen molar-refractivity contribution in [2.75, 3.05) is 20.3 Å². The van der Waals surface area contributed by atoms with Crippen LogP contribution in [-0.2, 0) is 11.2 Å². The fourth-order valence-corrected chi connectivity index (χ4v) is 1.66. The molecule has 1 N–H and O–H groups in total. The number of hydrogen-bond acceptors (Lipinski definition) is 3. The van der Waals surface area contributed by atoms with E-state index in [-0.39, 0.29) is 5.91 Å². The second kappa shape index (κ2) is 8.87. The van der Waals surface area contributed by atoms with E-state index in [0.717, 1.165) is 5.56 Å². The molecule has 0 saturated heterocycles. The van der Waals surface area contributed by atoms with Gasteiger partial charge >= 0.3 is 0 Å². The Hall–Kier alpha value is -2.15. The lowest BCUT2D eigenvalue weighted by molar-refractivity contribution is -0.120. The van der Waals surface area contributed by atoms with Crippen LogP contribution in [0, 0.1) is 11.8 Å². The van der Waals surface area contributed by atoms with Crippen molar-refractivity contribution in [3.8, 4) is 23.3 Å². The number of benzene rings is 1. The monoisotopic (exact) mass is 275 g/mol. The molecule has 1 amide bonds. The maximum Gasteiger partial charge on any atom is 0.220 e. The third-order valence-electron chi connectivity index (χ3n) is 2.70. The molecule has 0 aliphatic rings. The van der Waals surface area contributed by atoms with E-state index in [1.165, 1.54) is 0 Å². The van der Waals surface area contributed by atoms with E-state index < -0.39 is 0 Å². The normalized spacial score (nSPS) is 9.35. The maximum atomic E-state index is 11.3. The molecule has 20 heavy (non-hydrogen) atoms. The van der Waals surface area contributed by atoms with Crippen molar-refractivity contribution in [1.82, 2.24) is 5.32 Å². The number of ether oxygens (including phenoxy) is 2. The molecule has 0 aromatic heterocycles. The Labute approximate surface area is 120 Å². The molecule has 1 aromatic rings. The Balaban J connectivity index is 2.76. The molecule has 0 heterocycles. The topological polar surface area (TPSA) is 47.6 Å². The van der Waals surface area contributed by atoms with E-state index in [1.807, 2.05) is 25.1 Å². The van der Waals surface area contributed by atoms with E-state index in [9.17, 15) is 4.79 Å². The molecule has 0 atom stereocenters. The van der Waals surface area contributed by atoms with Crippen LogP contribution in [0.25, 0.3) is 0 Å². The van der Waals surface area contributed by atoms with Gasteiger partial charge in [0.15, 0.2) is 11.5 Å². The molecule has 0 saturated carbocycles. The zero-order valence-corrected chi connectivity index (χ0v) is 12.3. The lowest BCUT2D eigenvalue weighted by atomic mass is 10.1. The van der Waals surface area contributed by atoms with Crippen LogP contribution < -0.4 is 14.8 Å². The minimum absolute atomic E-state index is 0.0292. The van der Waals surface area contributed by atoms with Gasteiger partial charge in [-0.1, -0.05) is 12.0 Å². The molecule has 0 aliphatic heterocycles. The van der Waals surface area contributed by atoms with Crippen LogP contribution in [0.4, 0.5) is 0 Å². The summed E-state index contributed by atoms with van der Waals surface area (Å²) in [6, 6.07) is 5.73. The third kappa shape index (κ3) is 5.23. The van der Waals surface area contributed by atoms with Crippen LogP contribution in [0.3, 0.4) is 0 Å². The summed E-state index contributed by atoms with van der Waals surface area (Å²) in [5, 5.41) is 2.61. The highest BCUT2D eigenvalue weighted by atomic mass is 16.5. The summed E-state index contributed by atoms with van der Waals surface area (Å²) in [6.45, 7) is 4.60. The first-order chi connectivity index (χ1) is 9.71. The zero-order chi connectivity index (χ0) is 14.8. The quantitative estimate of drug-likeness (QED) is 0.776. The Bertz CT molecular complexity index is 500. The SMILES string of the molecule is CC#CCOc1ccc(CCC(=O)NC)cc1OCC. The fourth-order valence-electron chi connectivity index (χ4n) is 1.66. The summed E-state index contributed by atoms with van der Waals surface area (Å²) in [4.78, 5) is 11.3. The Morgan fingerprint density at radius 2 is 2.10 bits per heavy atom. The van der Waals surface area contributed by atoms with E-state index >= 15 is 0 Å². The lowest BCUT2D eigenvalue weighted by Gasteiger charge is -2.12. The first-order valence-electron chi connectivity index (χ1n) is 6.70. The van der Waals surface area contributed by atoms with E-state index in [4.69, 9.17) is 9.47 Å². The molecule has 108 valence electrons. The fraction of sp³-hybridized carbons (Fsp3) is 0.438. The van der Waals surface area contributed by atoms with Gasteiger partial charge in [-0.3, -0.25) is 4.79 Å². The molecule has 0 spiro atoms. The average molecular weight is 275 g/mol. The molecule has 4 nitrogen and oxygen atoms in total. The van der Waals surface area contributed by atoms with Gasteiger partial charge in [0, 0.05) is 13.5 Å². The largest absolute Gasteiger partial charge is 0.490 e. The minimum Gasteiger partial charge on any atom is -0.490 e. The van der Waals surface area contributed by atoms with Gasteiger partial charge < -0.3 is 14.8 Å². The van der Waals surface area contributed by atoms with Gasteiger partial charge in [0.25, 0.3) is 0 Å². The van der Waals surface area contributed by atoms with Crippen LogP contribution in [0.1, 0.15) is 25.8 Å². The molecule has 0 bridgehead atoms. The number of hydrogen-bond donors (Lipinski definition) is 1. The predicted molar refractivity (Wildman–Crippen MR) is 78.9 cm³/mol. The van der Waals surface area contributed by atoms with Crippen LogP contribution in [0.5, 0.6) is 11.5 Å². The first-order valence-corrected chi connectivity index (χ1v) is 6.70. The predicted octanol–water partition coefficient (Wildman–Crippen LogP) is 2.17. The van der Waals surface area contributed by atoms with Gasteiger partial charge in [-0.25, -0.2) is 0 Å². The molecular weight excluding hydrogens is 254 g/mol. The van der Waals surface area contributed by atoms with Crippen molar-refractivity contribution in [1.29, 1.82) is 0 Å². The summed E-state index contributed by atoms with van der Waals surface area (Å²) in [5.41, 5.74) is 1.05. The molecular formula is C16H21NO3. The molecule has 0 aliphatic carbocycles. The van der Waals surface area contributed by atoms with Crippen LogP contribution >= 0.6 is 0 Å². The Morgan fingerprint density at radius 3 is 2.75 bits per heavy atom. The van der Waals surface area contributed by atoms with E-state index in [0.29, 0.717) is 37.6 Å². The molecule has 1 aromatic carbocycles. The molecule has 4 heteroatoms. The van der Waals surface area contributed by atoms with Crippen molar-refractivity contribution < 1.29 is 14.3 Å². The number of rotatable bonds is 7. The summed E-state index contributed by atoms with van der Waals surface area (Å²) in [6.07, 6.45) is 1.14. The van der Waals surface area contributed by atoms with E-state index in [2.05, 4.69) is 17.2 Å². The van der Waals surface area contributed by atoms with Gasteiger partial charge in [-0.15, -0.1) is 5.92 Å². The summed E-state index contributed by atoms with van der Waals surface area (Å²) >= 11 is 0. The summed E-state index contributed by atoms with van der Waals surface area (Å²) in [5.74, 6) is 7.03. The number of nitrogens with one attached hydrogen (secondary N) is 1. The van der Waals surface area contributed by atoms with Crippen molar-refractivity contribution >= 4 is 5.91 Å². The second-order valence-corrected chi connectivity index (χ2v) is 4.10. The van der Waals surface area contributed by atoms with Crippen molar-refractivity contribution in [2.45, 2.75) is 26.7 Å². The Kier molecular flexibility index (Phi) is 7.05. The summed E-state index contributed by atoms with van der Waals surface area (Å²) in [7, 11) is 1.64. The third-order valence-corrected chi connectivity index (χ3v) is 2.70. The highest BCUT2D eigenvalue weighted by Crippen LogP contribution is 2.28. The number of carbonyl (C=O) groups is 1. The highest BCUT2D eigenvalue weighted by molar-refractivity contribution is 5.75. The standard InChI is InChI=1S/C16H21NO3/c1-4-6-11-20-14-9-7-13(8-10-16(18)17-3)12-15(14)19-5-2/h7,9,12H,5,8,10-11H2,1-3H3,(H,17,18). The molecule has 0 fully saturated rings. The van der Waals surface area contributed by atoms with Gasteiger partial charge in [0.05, 0.1) is 6.61 Å². The highest BCUT2D eigenvalue weighted by Gasteiger charge is 2.07. The molecule has 0 radical (unpaired) electrons. The first kappa shape index (κ1) is 15.9. The molecule has 1 rings (SSSR count). The van der Waals surface area contributed by atoms with Crippen LogP contribution in [0.15, 0.2) is 18.2 Å². The smallest absolute Gasteiger partial charge is 0.220 e. The second-order valence-electron chi connectivity index (χ2n) is 4.10. The number of aryl methyl sites for hydroxylation is 1. The number of carbonyl (C=O) groups excluding carboxylic acids is 1. The van der Waals surface area contributed by atoms with Gasteiger partial charge in [-0.2, -0.15) is 0 Å². The van der Waals surface area contributed by atoms with Crippen molar-refractivity contribution in [3.05, 3.63) is 23.8 Å². The van der Waals surface area contributed by atoms with Crippen molar-refractivity contribution in [2.24, 2.45) is 0 Å². The van der Waals surface area contributed by atoms with Gasteiger partial charge in [-0.05, 0) is 38.0 Å². The van der Waals surface area contributed by atoms with Crippen LogP contribution in [0.2, 0.25) is 0 Å². The van der Waals surface area contributed by atoms with E-state index in [1.54, 1.807) is 14.0 Å². The van der Waals surface area contributed by atoms with Gasteiger partial charge in [0.1, 0.15) is 6.61 Å². The van der Waals surface area contributed by atoms with Gasteiger partial charge in [0.2, 0.25) is 5.91 Å². The maximum absolute atomic E-state index is 11.3. The Morgan fingerprint density at radius 1 is 1.30 bits per heavy atom. The minimum atomic E-state index is 0.0292. The average Bonchev–Trinajstić information content (AvgIpc) is 2.47. The lowest BCUT2D eigenvalue weighted by Crippen LogP contribution is -2.17. The molecule has 0 unspecified atom stereocenters. The zero-order valence-electron chi connectivity index (χ0n) is 12.3. The summed E-state index contributed by atoms with van der Waals surface area (Å²) < 4.78 is 11.1. The van der Waals surface area contributed by atoms with Crippen molar-refractivity contribution in [3.63, 3.8) is 0 Å². The number of amides is 1.